The lowest BCUT2D eigenvalue weighted by atomic mass is 10.1. The number of hydrogen-bond donors (Lipinski definition) is 2. The number of rotatable bonds is 8. The maximum absolute atomic E-state index is 11.0. The summed E-state index contributed by atoms with van der Waals surface area (Å²) < 4.78 is 10.7. The topological polar surface area (TPSA) is 80.7 Å². The van der Waals surface area contributed by atoms with Crippen molar-refractivity contribution in [3.05, 3.63) is 53.7 Å². The van der Waals surface area contributed by atoms with Crippen molar-refractivity contribution in [1.29, 1.82) is 0 Å². The first-order valence-electron chi connectivity index (χ1n) is 7.32. The van der Waals surface area contributed by atoms with Crippen molar-refractivity contribution in [2.75, 3.05) is 25.6 Å². The van der Waals surface area contributed by atoms with Gasteiger partial charge in [0.25, 0.3) is 0 Å². The zero-order chi connectivity index (χ0) is 16.7. The monoisotopic (exact) mass is 316 g/mol. The highest BCUT2D eigenvalue weighted by Gasteiger charge is 2.13. The normalized spacial score (nSPS) is 11.7. The first kappa shape index (κ1) is 16.8. The van der Waals surface area contributed by atoms with Gasteiger partial charge in [-0.2, -0.15) is 0 Å². The van der Waals surface area contributed by atoms with E-state index in [1.807, 2.05) is 31.2 Å². The molecule has 0 saturated heterocycles. The van der Waals surface area contributed by atoms with Crippen LogP contribution in [-0.4, -0.2) is 36.4 Å². The number of aromatic carboxylic acids is 1. The minimum Gasteiger partial charge on any atom is -0.494 e. The largest absolute Gasteiger partial charge is 0.494 e. The summed E-state index contributed by atoms with van der Waals surface area (Å²) in [4.78, 5) is 15.1. The van der Waals surface area contributed by atoms with Crippen LogP contribution in [0.2, 0.25) is 0 Å². The molecule has 0 aliphatic carbocycles. The van der Waals surface area contributed by atoms with Gasteiger partial charge in [-0.25, -0.2) is 9.78 Å². The zero-order valence-electron chi connectivity index (χ0n) is 13.2. The lowest BCUT2D eigenvalue weighted by Gasteiger charge is -2.19. The van der Waals surface area contributed by atoms with Crippen molar-refractivity contribution in [2.45, 2.75) is 13.0 Å². The number of benzene rings is 1. The van der Waals surface area contributed by atoms with E-state index in [2.05, 4.69) is 10.3 Å². The summed E-state index contributed by atoms with van der Waals surface area (Å²) in [5, 5.41) is 12.2. The van der Waals surface area contributed by atoms with Gasteiger partial charge < -0.3 is 19.9 Å². The average molecular weight is 316 g/mol. The smallest absolute Gasteiger partial charge is 0.354 e. The van der Waals surface area contributed by atoms with Crippen LogP contribution in [0.15, 0.2) is 42.5 Å². The molecule has 1 unspecified atom stereocenters. The highest BCUT2D eigenvalue weighted by molar-refractivity contribution is 5.85. The number of methoxy groups -OCH3 is 1. The zero-order valence-corrected chi connectivity index (χ0v) is 13.2. The molecule has 0 amide bonds. The molecular formula is C17H20N2O4. The highest BCUT2D eigenvalue weighted by atomic mass is 16.5. The van der Waals surface area contributed by atoms with E-state index < -0.39 is 5.97 Å². The maximum Gasteiger partial charge on any atom is 0.354 e. The molecule has 2 rings (SSSR count). The molecule has 0 spiro atoms. The Balaban J connectivity index is 2.17. The molecule has 23 heavy (non-hydrogen) atoms. The Hall–Kier alpha value is -2.60. The molecule has 1 aromatic carbocycles. The second-order valence-corrected chi connectivity index (χ2v) is 4.87. The predicted molar refractivity (Wildman–Crippen MR) is 87.0 cm³/mol. The number of carbonyl (C=O) groups is 1. The summed E-state index contributed by atoms with van der Waals surface area (Å²) in [6.45, 7) is 2.97. The number of aromatic nitrogens is 1. The SMILES string of the molecule is CCOc1ccc(C(COC)Nc2cccc(C(=O)O)n2)cc1. The van der Waals surface area contributed by atoms with Gasteiger partial charge in [-0.3, -0.25) is 0 Å². The van der Waals surface area contributed by atoms with Crippen LogP contribution in [0.4, 0.5) is 5.82 Å². The van der Waals surface area contributed by atoms with Crippen molar-refractivity contribution in [3.8, 4) is 5.75 Å². The quantitative estimate of drug-likeness (QED) is 0.779. The molecule has 0 bridgehead atoms. The van der Waals surface area contributed by atoms with Crippen LogP contribution < -0.4 is 10.1 Å². The Morgan fingerprint density at radius 2 is 2.00 bits per heavy atom. The van der Waals surface area contributed by atoms with E-state index in [4.69, 9.17) is 14.6 Å². The molecule has 0 saturated carbocycles. The molecule has 2 N–H and O–H groups in total. The van der Waals surface area contributed by atoms with Crippen LogP contribution >= 0.6 is 0 Å². The second-order valence-electron chi connectivity index (χ2n) is 4.87. The molecule has 1 heterocycles. The van der Waals surface area contributed by atoms with E-state index in [-0.39, 0.29) is 11.7 Å². The third-order valence-electron chi connectivity index (χ3n) is 3.22. The summed E-state index contributed by atoms with van der Waals surface area (Å²) in [7, 11) is 1.62. The van der Waals surface area contributed by atoms with E-state index >= 15 is 0 Å². The Kier molecular flexibility index (Phi) is 5.94. The molecule has 6 nitrogen and oxygen atoms in total. The van der Waals surface area contributed by atoms with Crippen molar-refractivity contribution in [3.63, 3.8) is 0 Å². The van der Waals surface area contributed by atoms with Crippen LogP contribution in [0.3, 0.4) is 0 Å². The number of anilines is 1. The highest BCUT2D eigenvalue weighted by Crippen LogP contribution is 2.22. The van der Waals surface area contributed by atoms with E-state index in [0.29, 0.717) is 19.0 Å². The number of carboxylic acid groups (broad SMARTS) is 1. The van der Waals surface area contributed by atoms with Gasteiger partial charge in [-0.15, -0.1) is 0 Å². The van der Waals surface area contributed by atoms with Crippen molar-refractivity contribution >= 4 is 11.8 Å². The van der Waals surface area contributed by atoms with Crippen LogP contribution in [0.25, 0.3) is 0 Å². The fourth-order valence-corrected chi connectivity index (χ4v) is 2.16. The second kappa shape index (κ2) is 8.14. The third-order valence-corrected chi connectivity index (χ3v) is 3.22. The van der Waals surface area contributed by atoms with Crippen molar-refractivity contribution in [2.24, 2.45) is 0 Å². The van der Waals surface area contributed by atoms with Gasteiger partial charge in [0.15, 0.2) is 5.69 Å². The summed E-state index contributed by atoms with van der Waals surface area (Å²) in [6, 6.07) is 12.4. The summed E-state index contributed by atoms with van der Waals surface area (Å²) in [5.74, 6) is 0.234. The van der Waals surface area contributed by atoms with Gasteiger partial charge in [0.05, 0.1) is 19.3 Å². The van der Waals surface area contributed by atoms with Crippen molar-refractivity contribution in [1.82, 2.24) is 4.98 Å². The first-order valence-corrected chi connectivity index (χ1v) is 7.32. The lowest BCUT2D eigenvalue weighted by molar-refractivity contribution is 0.0690. The summed E-state index contributed by atoms with van der Waals surface area (Å²) in [5.41, 5.74) is 0.996. The number of hydrogen-bond acceptors (Lipinski definition) is 5. The molecule has 6 heteroatoms. The number of ether oxygens (including phenoxy) is 2. The summed E-state index contributed by atoms with van der Waals surface area (Å²) in [6.07, 6.45) is 0. The lowest BCUT2D eigenvalue weighted by Crippen LogP contribution is -2.17. The average Bonchev–Trinajstić information content (AvgIpc) is 2.56. The Morgan fingerprint density at radius 1 is 1.26 bits per heavy atom. The van der Waals surface area contributed by atoms with Gasteiger partial charge in [-0.1, -0.05) is 18.2 Å². The van der Waals surface area contributed by atoms with E-state index in [9.17, 15) is 4.79 Å². The molecule has 122 valence electrons. The summed E-state index contributed by atoms with van der Waals surface area (Å²) >= 11 is 0. The standard InChI is InChI=1S/C17H20N2O4/c1-3-23-13-9-7-12(8-10-13)15(11-22-2)19-16-6-4-5-14(18-16)17(20)21/h4-10,15H,3,11H2,1-2H3,(H,18,19)(H,20,21). The number of nitrogens with zero attached hydrogens (tertiary/aromatic N) is 1. The van der Waals surface area contributed by atoms with Crippen LogP contribution in [-0.2, 0) is 4.74 Å². The fourth-order valence-electron chi connectivity index (χ4n) is 2.16. The van der Waals surface area contributed by atoms with Crippen molar-refractivity contribution < 1.29 is 19.4 Å². The molecule has 0 aliphatic rings. The van der Waals surface area contributed by atoms with Crippen LogP contribution in [0.5, 0.6) is 5.75 Å². The van der Waals surface area contributed by atoms with Gasteiger partial charge in [0.2, 0.25) is 0 Å². The van der Waals surface area contributed by atoms with Crippen LogP contribution in [0, 0.1) is 0 Å². The van der Waals surface area contributed by atoms with E-state index in [0.717, 1.165) is 11.3 Å². The first-order chi connectivity index (χ1) is 11.1. The minimum absolute atomic E-state index is 0.00198. The van der Waals surface area contributed by atoms with Gasteiger partial charge in [0.1, 0.15) is 11.6 Å². The molecule has 1 aromatic heterocycles. The van der Waals surface area contributed by atoms with Gasteiger partial charge >= 0.3 is 5.97 Å². The van der Waals surface area contributed by atoms with Crippen LogP contribution in [0.1, 0.15) is 29.0 Å². The molecule has 0 aliphatic heterocycles. The molecular weight excluding hydrogens is 296 g/mol. The third kappa shape index (κ3) is 4.69. The Labute approximate surface area is 135 Å². The Morgan fingerprint density at radius 3 is 2.61 bits per heavy atom. The molecule has 1 atom stereocenters. The minimum atomic E-state index is -1.06. The van der Waals surface area contributed by atoms with E-state index in [1.54, 1.807) is 19.2 Å². The fraction of sp³-hybridized carbons (Fsp3) is 0.294. The number of nitrogens with one attached hydrogen (secondary N) is 1. The molecule has 2 aromatic rings. The Bertz CT molecular complexity index is 643. The molecule has 0 fully saturated rings. The van der Waals surface area contributed by atoms with Gasteiger partial charge in [-0.05, 0) is 36.8 Å². The van der Waals surface area contributed by atoms with E-state index in [1.165, 1.54) is 6.07 Å². The maximum atomic E-state index is 11.0. The number of carboxylic acids is 1. The molecule has 0 radical (unpaired) electrons. The predicted octanol–water partition coefficient (Wildman–Crippen LogP) is 2.98. The number of pyridine rings is 1. The van der Waals surface area contributed by atoms with Gasteiger partial charge in [0, 0.05) is 7.11 Å².